The number of ether oxygens (including phenoxy) is 1. The summed E-state index contributed by atoms with van der Waals surface area (Å²) >= 11 is 1.93. The quantitative estimate of drug-likeness (QED) is 0.737. The zero-order chi connectivity index (χ0) is 14.3. The largest absolute Gasteiger partial charge is 0.383 e. The van der Waals surface area contributed by atoms with Crippen LogP contribution < -0.4 is 5.73 Å². The number of amides is 1. The summed E-state index contributed by atoms with van der Waals surface area (Å²) < 4.78 is 5.14. The number of nitrogens with two attached hydrogens (primary N) is 1. The first-order chi connectivity index (χ1) is 9.10. The summed E-state index contributed by atoms with van der Waals surface area (Å²) in [4.78, 5) is 14.7. The zero-order valence-electron chi connectivity index (χ0n) is 12.4. The van der Waals surface area contributed by atoms with E-state index in [0.29, 0.717) is 31.7 Å². The SMILES string of the molecule is COCCN(C(=O)C(CN)CC(C)C)C1CCSC1. The van der Waals surface area contributed by atoms with E-state index in [1.54, 1.807) is 7.11 Å². The summed E-state index contributed by atoms with van der Waals surface area (Å²) in [5.74, 6) is 2.88. The van der Waals surface area contributed by atoms with Gasteiger partial charge in [-0.3, -0.25) is 4.79 Å². The van der Waals surface area contributed by atoms with Crippen molar-refractivity contribution >= 4 is 17.7 Å². The molecular formula is C14H28N2O2S. The van der Waals surface area contributed by atoms with E-state index in [9.17, 15) is 4.79 Å². The van der Waals surface area contributed by atoms with Crippen LogP contribution >= 0.6 is 11.8 Å². The van der Waals surface area contributed by atoms with Crippen LogP contribution in [-0.2, 0) is 9.53 Å². The molecule has 1 fully saturated rings. The molecule has 1 amide bonds. The number of hydrogen-bond donors (Lipinski definition) is 1. The van der Waals surface area contributed by atoms with Gasteiger partial charge in [0.05, 0.1) is 12.5 Å². The lowest BCUT2D eigenvalue weighted by atomic mass is 9.95. The molecule has 1 aliphatic rings. The fraction of sp³-hybridized carbons (Fsp3) is 0.929. The molecule has 0 aliphatic carbocycles. The van der Waals surface area contributed by atoms with Gasteiger partial charge in [-0.05, 0) is 24.5 Å². The van der Waals surface area contributed by atoms with Crippen molar-refractivity contribution in [2.24, 2.45) is 17.6 Å². The second-order valence-corrected chi connectivity index (χ2v) is 6.75. The van der Waals surface area contributed by atoms with Crippen LogP contribution in [0.15, 0.2) is 0 Å². The van der Waals surface area contributed by atoms with Crippen molar-refractivity contribution in [1.29, 1.82) is 0 Å². The van der Waals surface area contributed by atoms with Crippen molar-refractivity contribution in [3.8, 4) is 0 Å². The summed E-state index contributed by atoms with van der Waals surface area (Å²) in [5, 5.41) is 0. The number of hydrogen-bond acceptors (Lipinski definition) is 4. The van der Waals surface area contributed by atoms with Crippen LogP contribution in [0, 0.1) is 11.8 Å². The van der Waals surface area contributed by atoms with E-state index in [-0.39, 0.29) is 11.8 Å². The second kappa shape index (κ2) is 8.82. The Morgan fingerprint density at radius 3 is 2.74 bits per heavy atom. The molecule has 0 saturated carbocycles. The molecule has 112 valence electrons. The van der Waals surface area contributed by atoms with Gasteiger partial charge in [-0.1, -0.05) is 13.8 Å². The Kier molecular flexibility index (Phi) is 7.80. The molecule has 1 heterocycles. The van der Waals surface area contributed by atoms with E-state index in [1.165, 1.54) is 0 Å². The standard InChI is InChI=1S/C14H28N2O2S/c1-11(2)8-12(9-15)14(17)16(5-6-18-3)13-4-7-19-10-13/h11-13H,4-10,15H2,1-3H3. The highest BCUT2D eigenvalue weighted by Crippen LogP contribution is 2.24. The van der Waals surface area contributed by atoms with Crippen LogP contribution in [0.1, 0.15) is 26.7 Å². The molecule has 2 unspecified atom stereocenters. The molecule has 0 aromatic rings. The van der Waals surface area contributed by atoms with E-state index < -0.39 is 0 Å². The average Bonchev–Trinajstić information content (AvgIpc) is 2.89. The Morgan fingerprint density at radius 1 is 1.53 bits per heavy atom. The van der Waals surface area contributed by atoms with Crippen LogP contribution in [0.5, 0.6) is 0 Å². The van der Waals surface area contributed by atoms with Crippen molar-refractivity contribution < 1.29 is 9.53 Å². The van der Waals surface area contributed by atoms with E-state index in [4.69, 9.17) is 10.5 Å². The maximum absolute atomic E-state index is 12.7. The molecule has 0 bridgehead atoms. The first-order valence-electron chi connectivity index (χ1n) is 7.17. The highest BCUT2D eigenvalue weighted by atomic mass is 32.2. The van der Waals surface area contributed by atoms with Gasteiger partial charge in [-0.15, -0.1) is 0 Å². The third-order valence-corrected chi connectivity index (χ3v) is 4.70. The first-order valence-corrected chi connectivity index (χ1v) is 8.32. The Morgan fingerprint density at radius 2 is 2.26 bits per heavy atom. The fourth-order valence-electron chi connectivity index (χ4n) is 2.53. The summed E-state index contributed by atoms with van der Waals surface area (Å²) in [6.45, 7) is 6.02. The van der Waals surface area contributed by atoms with Gasteiger partial charge in [0, 0.05) is 32.0 Å². The monoisotopic (exact) mass is 288 g/mol. The number of rotatable bonds is 8. The van der Waals surface area contributed by atoms with Crippen molar-refractivity contribution in [2.75, 3.05) is 38.3 Å². The molecule has 5 heteroatoms. The highest BCUT2D eigenvalue weighted by Gasteiger charge is 2.31. The van der Waals surface area contributed by atoms with Gasteiger partial charge in [0.2, 0.25) is 5.91 Å². The zero-order valence-corrected chi connectivity index (χ0v) is 13.2. The minimum absolute atomic E-state index is 0.0394. The van der Waals surface area contributed by atoms with Gasteiger partial charge in [0.25, 0.3) is 0 Å². The Bertz CT molecular complexity index is 268. The predicted molar refractivity (Wildman–Crippen MR) is 81.3 cm³/mol. The normalized spacial score (nSPS) is 20.8. The summed E-state index contributed by atoms with van der Waals surface area (Å²) in [6, 6.07) is 0.369. The maximum Gasteiger partial charge on any atom is 0.227 e. The number of nitrogens with zero attached hydrogens (tertiary/aromatic N) is 1. The number of carbonyl (C=O) groups is 1. The summed E-state index contributed by atoms with van der Waals surface area (Å²) in [5.41, 5.74) is 5.80. The third-order valence-electron chi connectivity index (χ3n) is 3.56. The molecule has 1 aliphatic heterocycles. The van der Waals surface area contributed by atoms with Crippen molar-refractivity contribution in [3.63, 3.8) is 0 Å². The molecule has 2 atom stereocenters. The molecule has 19 heavy (non-hydrogen) atoms. The van der Waals surface area contributed by atoms with Crippen molar-refractivity contribution in [3.05, 3.63) is 0 Å². The molecule has 0 aromatic heterocycles. The Balaban J connectivity index is 2.67. The first kappa shape index (κ1) is 16.8. The van der Waals surface area contributed by atoms with Gasteiger partial charge >= 0.3 is 0 Å². The highest BCUT2D eigenvalue weighted by molar-refractivity contribution is 7.99. The molecule has 4 nitrogen and oxygen atoms in total. The van der Waals surface area contributed by atoms with E-state index in [0.717, 1.165) is 24.3 Å². The van der Waals surface area contributed by atoms with Gasteiger partial charge in [-0.25, -0.2) is 0 Å². The van der Waals surface area contributed by atoms with Gasteiger partial charge in [0.15, 0.2) is 0 Å². The Hall–Kier alpha value is -0.260. The molecule has 0 aromatic carbocycles. The van der Waals surface area contributed by atoms with Crippen LogP contribution in [0.4, 0.5) is 0 Å². The number of carbonyl (C=O) groups excluding carboxylic acids is 1. The molecule has 2 N–H and O–H groups in total. The molecular weight excluding hydrogens is 260 g/mol. The van der Waals surface area contributed by atoms with Crippen molar-refractivity contribution in [2.45, 2.75) is 32.7 Å². The van der Waals surface area contributed by atoms with Crippen molar-refractivity contribution in [1.82, 2.24) is 4.90 Å². The summed E-state index contributed by atoms with van der Waals surface area (Å²) in [6.07, 6.45) is 1.97. The lowest BCUT2D eigenvalue weighted by Crippen LogP contribution is -2.47. The summed E-state index contributed by atoms with van der Waals surface area (Å²) in [7, 11) is 1.68. The van der Waals surface area contributed by atoms with Gasteiger partial charge in [0.1, 0.15) is 0 Å². The van der Waals surface area contributed by atoms with Crippen LogP contribution in [0.2, 0.25) is 0 Å². The molecule has 1 saturated heterocycles. The molecule has 1 rings (SSSR count). The van der Waals surface area contributed by atoms with E-state index in [2.05, 4.69) is 13.8 Å². The second-order valence-electron chi connectivity index (χ2n) is 5.60. The lowest BCUT2D eigenvalue weighted by molar-refractivity contribution is -0.138. The van der Waals surface area contributed by atoms with E-state index >= 15 is 0 Å². The van der Waals surface area contributed by atoms with Crippen LogP contribution in [0.3, 0.4) is 0 Å². The smallest absolute Gasteiger partial charge is 0.227 e. The minimum atomic E-state index is -0.0394. The van der Waals surface area contributed by atoms with Crippen LogP contribution in [0.25, 0.3) is 0 Å². The molecule has 0 radical (unpaired) electrons. The molecule has 0 spiro atoms. The van der Waals surface area contributed by atoms with E-state index in [1.807, 2.05) is 16.7 Å². The van der Waals surface area contributed by atoms with Gasteiger partial charge < -0.3 is 15.4 Å². The lowest BCUT2D eigenvalue weighted by Gasteiger charge is -2.32. The number of thioether (sulfide) groups is 1. The van der Waals surface area contributed by atoms with Gasteiger partial charge in [-0.2, -0.15) is 11.8 Å². The Labute approximate surface area is 121 Å². The number of methoxy groups -OCH3 is 1. The maximum atomic E-state index is 12.7. The minimum Gasteiger partial charge on any atom is -0.383 e. The average molecular weight is 288 g/mol. The fourth-order valence-corrected chi connectivity index (χ4v) is 3.76. The third kappa shape index (κ3) is 5.32. The predicted octanol–water partition coefficient (Wildman–Crippen LogP) is 1.59. The topological polar surface area (TPSA) is 55.6 Å². The van der Waals surface area contributed by atoms with Crippen LogP contribution in [-0.4, -0.2) is 55.2 Å².